The Balaban J connectivity index is 2.52. The van der Waals surface area contributed by atoms with E-state index in [1.165, 1.54) is 0 Å². The zero-order valence-corrected chi connectivity index (χ0v) is 6.05. The smallest absolute Gasteiger partial charge is 0.0872 e. The quantitative estimate of drug-likeness (QED) is 0.582. The van der Waals surface area contributed by atoms with E-state index in [4.69, 9.17) is 5.11 Å². The number of aliphatic hydroxyl groups is 1. The monoisotopic (exact) mass is 145 g/mol. The fraction of sp³-hybridized carbons (Fsp3) is 0.714. The molecule has 3 heteroatoms. The van der Waals surface area contributed by atoms with Crippen molar-refractivity contribution in [3.63, 3.8) is 0 Å². The molecule has 0 aromatic rings. The van der Waals surface area contributed by atoms with Gasteiger partial charge in [-0.1, -0.05) is 0 Å². The Labute approximate surface area is 60.0 Å². The summed E-state index contributed by atoms with van der Waals surface area (Å²) in [6.07, 6.45) is 1.32. The molecule has 1 fully saturated rings. The van der Waals surface area contributed by atoms with Crippen molar-refractivity contribution in [2.45, 2.75) is 12.5 Å². The van der Waals surface area contributed by atoms with Crippen molar-refractivity contribution in [2.24, 2.45) is 0 Å². The third-order valence-electron chi connectivity index (χ3n) is 1.94. The highest BCUT2D eigenvalue weighted by Crippen LogP contribution is 2.19. The first-order chi connectivity index (χ1) is 4.77. The van der Waals surface area contributed by atoms with Crippen molar-refractivity contribution in [2.75, 3.05) is 20.2 Å². The number of hydrogen-bond acceptors (Lipinski definition) is 2. The van der Waals surface area contributed by atoms with E-state index in [0.29, 0.717) is 19.3 Å². The zero-order valence-electron chi connectivity index (χ0n) is 6.05. The SMILES string of the molecule is CN1C/C(=C\F)C[C@H]1CO. The number of halogens is 1. The van der Waals surface area contributed by atoms with Crippen LogP contribution < -0.4 is 0 Å². The molecule has 1 saturated heterocycles. The maximum atomic E-state index is 11.9. The summed E-state index contributed by atoms with van der Waals surface area (Å²) >= 11 is 0. The number of likely N-dealkylation sites (N-methyl/N-ethyl adjacent to an activating group) is 1. The topological polar surface area (TPSA) is 23.5 Å². The van der Waals surface area contributed by atoms with E-state index in [0.717, 1.165) is 5.57 Å². The van der Waals surface area contributed by atoms with Crippen LogP contribution in [-0.4, -0.2) is 36.2 Å². The molecule has 0 aliphatic carbocycles. The number of rotatable bonds is 1. The molecular weight excluding hydrogens is 133 g/mol. The molecule has 0 radical (unpaired) electrons. The summed E-state index contributed by atoms with van der Waals surface area (Å²) in [5.41, 5.74) is 0.779. The molecule has 2 nitrogen and oxygen atoms in total. The molecule has 1 heterocycles. The van der Waals surface area contributed by atoms with Gasteiger partial charge in [-0.05, 0) is 19.0 Å². The molecule has 1 rings (SSSR count). The summed E-state index contributed by atoms with van der Waals surface area (Å²) in [7, 11) is 1.89. The van der Waals surface area contributed by atoms with Crippen LogP contribution in [0.5, 0.6) is 0 Å². The third-order valence-corrected chi connectivity index (χ3v) is 1.94. The van der Waals surface area contributed by atoms with Crippen LogP contribution in [0.1, 0.15) is 6.42 Å². The second-order valence-corrected chi connectivity index (χ2v) is 2.72. The van der Waals surface area contributed by atoms with Crippen molar-refractivity contribution in [3.05, 3.63) is 11.9 Å². The van der Waals surface area contributed by atoms with Gasteiger partial charge in [-0.25, -0.2) is 4.39 Å². The van der Waals surface area contributed by atoms with Crippen LogP contribution in [-0.2, 0) is 0 Å². The Morgan fingerprint density at radius 1 is 1.90 bits per heavy atom. The van der Waals surface area contributed by atoms with E-state index in [2.05, 4.69) is 0 Å². The minimum atomic E-state index is 0.119. The van der Waals surface area contributed by atoms with Crippen LogP contribution in [0, 0.1) is 0 Å². The van der Waals surface area contributed by atoms with Crippen LogP contribution in [0.2, 0.25) is 0 Å². The summed E-state index contributed by atoms with van der Waals surface area (Å²) < 4.78 is 11.9. The van der Waals surface area contributed by atoms with Gasteiger partial charge in [0.1, 0.15) is 0 Å². The van der Waals surface area contributed by atoms with Crippen molar-refractivity contribution >= 4 is 0 Å². The van der Waals surface area contributed by atoms with Gasteiger partial charge in [-0.2, -0.15) is 0 Å². The highest BCUT2D eigenvalue weighted by Gasteiger charge is 2.23. The average Bonchev–Trinajstić information content (AvgIpc) is 2.30. The molecule has 0 aromatic heterocycles. The Kier molecular flexibility index (Phi) is 2.40. The van der Waals surface area contributed by atoms with E-state index in [1.807, 2.05) is 11.9 Å². The fourth-order valence-corrected chi connectivity index (χ4v) is 1.26. The fourth-order valence-electron chi connectivity index (χ4n) is 1.26. The van der Waals surface area contributed by atoms with E-state index >= 15 is 0 Å². The normalized spacial score (nSPS) is 31.9. The second-order valence-electron chi connectivity index (χ2n) is 2.72. The van der Waals surface area contributed by atoms with Crippen molar-refractivity contribution in [1.82, 2.24) is 4.90 Å². The second kappa shape index (κ2) is 3.12. The third kappa shape index (κ3) is 1.36. The van der Waals surface area contributed by atoms with Gasteiger partial charge in [0.15, 0.2) is 0 Å². The molecule has 1 aliphatic rings. The molecule has 0 amide bonds. The summed E-state index contributed by atoms with van der Waals surface area (Å²) in [5.74, 6) is 0. The highest BCUT2D eigenvalue weighted by atomic mass is 19.1. The molecule has 58 valence electrons. The largest absolute Gasteiger partial charge is 0.395 e. The Hall–Kier alpha value is -0.410. The van der Waals surface area contributed by atoms with Gasteiger partial charge < -0.3 is 5.11 Å². The lowest BCUT2D eigenvalue weighted by Crippen LogP contribution is -2.27. The van der Waals surface area contributed by atoms with Gasteiger partial charge in [0.05, 0.1) is 12.9 Å². The summed E-state index contributed by atoms with van der Waals surface area (Å²) in [6, 6.07) is 0.127. The molecule has 1 atom stereocenters. The van der Waals surface area contributed by atoms with Crippen LogP contribution in [0.25, 0.3) is 0 Å². The van der Waals surface area contributed by atoms with Gasteiger partial charge in [-0.3, -0.25) is 4.90 Å². The summed E-state index contributed by atoms with van der Waals surface area (Å²) in [4.78, 5) is 1.95. The van der Waals surface area contributed by atoms with Crippen LogP contribution in [0.4, 0.5) is 4.39 Å². The standard InChI is InChI=1S/C7H12FNO/c1-9-4-6(3-8)2-7(9)5-10/h3,7,10H,2,4-5H2,1H3/b6-3-/t7-/m0/s1. The number of likely N-dealkylation sites (tertiary alicyclic amines) is 1. The van der Waals surface area contributed by atoms with E-state index in [1.54, 1.807) is 0 Å². The lowest BCUT2D eigenvalue weighted by Gasteiger charge is -2.14. The first-order valence-electron chi connectivity index (χ1n) is 3.37. The summed E-state index contributed by atoms with van der Waals surface area (Å²) in [6.45, 7) is 0.773. The van der Waals surface area contributed by atoms with Gasteiger partial charge >= 0.3 is 0 Å². The van der Waals surface area contributed by atoms with Crippen molar-refractivity contribution in [1.29, 1.82) is 0 Å². The molecule has 0 aromatic carbocycles. The van der Waals surface area contributed by atoms with Gasteiger partial charge in [0.2, 0.25) is 0 Å². The molecule has 0 bridgehead atoms. The first kappa shape index (κ1) is 7.69. The molecule has 1 N–H and O–H groups in total. The van der Waals surface area contributed by atoms with Crippen molar-refractivity contribution < 1.29 is 9.50 Å². The minimum Gasteiger partial charge on any atom is -0.395 e. The zero-order chi connectivity index (χ0) is 7.56. The van der Waals surface area contributed by atoms with Crippen LogP contribution in [0.3, 0.4) is 0 Å². The Morgan fingerprint density at radius 2 is 2.60 bits per heavy atom. The van der Waals surface area contributed by atoms with Crippen molar-refractivity contribution in [3.8, 4) is 0 Å². The molecule has 0 spiro atoms. The van der Waals surface area contributed by atoms with Gasteiger partial charge in [0, 0.05) is 12.6 Å². The Morgan fingerprint density at radius 3 is 2.90 bits per heavy atom. The van der Waals surface area contributed by atoms with Crippen LogP contribution in [0.15, 0.2) is 11.9 Å². The van der Waals surface area contributed by atoms with Crippen LogP contribution >= 0.6 is 0 Å². The highest BCUT2D eigenvalue weighted by molar-refractivity contribution is 5.09. The maximum Gasteiger partial charge on any atom is 0.0872 e. The van der Waals surface area contributed by atoms with E-state index in [-0.39, 0.29) is 12.6 Å². The predicted octanol–water partition coefficient (Wildman–Crippen LogP) is 0.536. The Bertz CT molecular complexity index is 147. The lowest BCUT2D eigenvalue weighted by molar-refractivity contribution is 0.182. The number of aliphatic hydroxyl groups excluding tert-OH is 1. The minimum absolute atomic E-state index is 0.119. The molecule has 10 heavy (non-hydrogen) atoms. The molecule has 0 unspecified atom stereocenters. The number of nitrogens with zero attached hydrogens (tertiary/aromatic N) is 1. The average molecular weight is 145 g/mol. The van der Waals surface area contributed by atoms with Gasteiger partial charge in [-0.15, -0.1) is 0 Å². The maximum absolute atomic E-state index is 11.9. The van der Waals surface area contributed by atoms with Gasteiger partial charge in [0.25, 0.3) is 0 Å². The van der Waals surface area contributed by atoms with E-state index in [9.17, 15) is 4.39 Å². The van der Waals surface area contributed by atoms with E-state index < -0.39 is 0 Å². The molecular formula is C7H12FNO. The number of hydrogen-bond donors (Lipinski definition) is 1. The first-order valence-corrected chi connectivity index (χ1v) is 3.37. The molecule has 1 aliphatic heterocycles. The lowest BCUT2D eigenvalue weighted by atomic mass is 10.2. The predicted molar refractivity (Wildman–Crippen MR) is 37.3 cm³/mol. The molecule has 0 saturated carbocycles. The summed E-state index contributed by atoms with van der Waals surface area (Å²) in [5, 5.41) is 8.76.